The van der Waals surface area contributed by atoms with Crippen molar-refractivity contribution in [3.8, 4) is 0 Å². The lowest BCUT2D eigenvalue weighted by molar-refractivity contribution is -0.115. The first-order valence-electron chi connectivity index (χ1n) is 7.00. The van der Waals surface area contributed by atoms with Gasteiger partial charge < -0.3 is 4.74 Å². The third-order valence-electron chi connectivity index (χ3n) is 5.96. The number of carbonyl (C=O) groups is 1. The van der Waals surface area contributed by atoms with Gasteiger partial charge in [0.15, 0.2) is 5.78 Å². The van der Waals surface area contributed by atoms with Crippen LogP contribution in [0.5, 0.6) is 0 Å². The Morgan fingerprint density at radius 3 is 2.94 bits per heavy atom. The molecule has 5 atom stereocenters. The van der Waals surface area contributed by atoms with Gasteiger partial charge in [-0.2, -0.15) is 0 Å². The minimum atomic E-state index is 0.152. The first kappa shape index (κ1) is 10.3. The van der Waals surface area contributed by atoms with E-state index < -0.39 is 0 Å². The van der Waals surface area contributed by atoms with Gasteiger partial charge in [0, 0.05) is 17.4 Å². The Balaban J connectivity index is 1.98. The number of ether oxygens (including phenoxy) is 1. The summed E-state index contributed by atoms with van der Waals surface area (Å²) in [5.74, 6) is 2.35. The predicted octanol–water partition coefficient (Wildman–Crippen LogP) is 2.73. The van der Waals surface area contributed by atoms with E-state index in [4.69, 9.17) is 4.74 Å². The Morgan fingerprint density at radius 1 is 1.29 bits per heavy atom. The SMILES string of the molecule is CC1=C2C(=O)C[C@@H]3CC[C@H]4OC[C@H]([C@@H](C)C1)[C@@]234. The van der Waals surface area contributed by atoms with E-state index in [1.807, 2.05) is 0 Å². The number of hydrogen-bond donors (Lipinski definition) is 0. The molecule has 3 fully saturated rings. The Bertz CT molecular complexity index is 436. The summed E-state index contributed by atoms with van der Waals surface area (Å²) < 4.78 is 6.08. The highest BCUT2D eigenvalue weighted by Gasteiger charge is 2.68. The highest BCUT2D eigenvalue weighted by molar-refractivity contribution is 6.01. The molecule has 4 aliphatic rings. The largest absolute Gasteiger partial charge is 0.377 e. The van der Waals surface area contributed by atoms with Crippen molar-refractivity contribution in [2.75, 3.05) is 6.61 Å². The second-order valence-electron chi connectivity index (χ2n) is 6.60. The summed E-state index contributed by atoms with van der Waals surface area (Å²) in [4.78, 5) is 12.3. The van der Waals surface area contributed by atoms with Gasteiger partial charge in [-0.05, 0) is 43.9 Å². The van der Waals surface area contributed by atoms with Gasteiger partial charge in [0.05, 0.1) is 12.7 Å². The molecule has 4 rings (SSSR count). The van der Waals surface area contributed by atoms with Gasteiger partial charge in [-0.15, -0.1) is 0 Å². The molecule has 0 unspecified atom stereocenters. The highest BCUT2D eigenvalue weighted by atomic mass is 16.5. The van der Waals surface area contributed by atoms with Gasteiger partial charge in [-0.3, -0.25) is 4.79 Å². The van der Waals surface area contributed by atoms with Crippen LogP contribution < -0.4 is 0 Å². The van der Waals surface area contributed by atoms with Crippen LogP contribution in [0.4, 0.5) is 0 Å². The van der Waals surface area contributed by atoms with Gasteiger partial charge in [0.25, 0.3) is 0 Å². The van der Waals surface area contributed by atoms with Gasteiger partial charge in [0.2, 0.25) is 0 Å². The molecule has 0 aromatic carbocycles. The molecule has 2 saturated carbocycles. The van der Waals surface area contributed by atoms with Gasteiger partial charge in [-0.25, -0.2) is 0 Å². The lowest BCUT2D eigenvalue weighted by Gasteiger charge is -2.43. The number of hydrogen-bond acceptors (Lipinski definition) is 2. The second kappa shape index (κ2) is 3.03. The maximum Gasteiger partial charge on any atom is 0.159 e. The first-order valence-corrected chi connectivity index (χ1v) is 7.00. The maximum atomic E-state index is 12.3. The molecule has 1 aliphatic heterocycles. The Kier molecular flexibility index (Phi) is 1.84. The molecule has 0 aromatic rings. The normalized spacial score (nSPS) is 52.0. The van der Waals surface area contributed by atoms with E-state index in [-0.39, 0.29) is 5.41 Å². The first-order chi connectivity index (χ1) is 8.15. The zero-order valence-electron chi connectivity index (χ0n) is 10.7. The van der Waals surface area contributed by atoms with E-state index >= 15 is 0 Å². The maximum absolute atomic E-state index is 12.3. The van der Waals surface area contributed by atoms with Gasteiger partial charge in [0.1, 0.15) is 0 Å². The minimum Gasteiger partial charge on any atom is -0.377 e. The average Bonchev–Trinajstić information content (AvgIpc) is 2.83. The molecule has 1 spiro atoms. The third kappa shape index (κ3) is 0.965. The fourth-order valence-electron chi connectivity index (χ4n) is 5.57. The number of allylic oxidation sites excluding steroid dienone is 1. The zero-order valence-corrected chi connectivity index (χ0v) is 10.7. The molecule has 3 aliphatic carbocycles. The van der Waals surface area contributed by atoms with E-state index in [0.29, 0.717) is 29.6 Å². The van der Waals surface area contributed by atoms with Crippen LogP contribution in [0.3, 0.4) is 0 Å². The summed E-state index contributed by atoms with van der Waals surface area (Å²) in [7, 11) is 0. The molecular weight excluding hydrogens is 212 g/mol. The average molecular weight is 232 g/mol. The predicted molar refractivity (Wildman–Crippen MR) is 64.5 cm³/mol. The molecule has 0 amide bonds. The van der Waals surface area contributed by atoms with Crippen LogP contribution in [0.1, 0.15) is 39.5 Å². The Hall–Kier alpha value is -0.630. The van der Waals surface area contributed by atoms with Gasteiger partial charge in [-0.1, -0.05) is 12.5 Å². The van der Waals surface area contributed by atoms with E-state index in [0.717, 1.165) is 19.4 Å². The number of carbonyl (C=O) groups excluding carboxylic acids is 1. The van der Waals surface area contributed by atoms with Crippen LogP contribution in [0.15, 0.2) is 11.1 Å². The minimum absolute atomic E-state index is 0.152. The van der Waals surface area contributed by atoms with Crippen LogP contribution in [-0.2, 0) is 9.53 Å². The van der Waals surface area contributed by atoms with Crippen molar-refractivity contribution >= 4 is 5.78 Å². The Morgan fingerprint density at radius 2 is 2.12 bits per heavy atom. The lowest BCUT2D eigenvalue weighted by atomic mass is 9.59. The van der Waals surface area contributed by atoms with Crippen LogP contribution in [0, 0.1) is 23.2 Å². The lowest BCUT2D eigenvalue weighted by Crippen LogP contribution is -2.42. The molecule has 0 aromatic heterocycles. The third-order valence-corrected chi connectivity index (χ3v) is 5.96. The summed E-state index contributed by atoms with van der Waals surface area (Å²) in [5.41, 5.74) is 2.74. The topological polar surface area (TPSA) is 26.3 Å². The van der Waals surface area contributed by atoms with Crippen molar-refractivity contribution in [3.05, 3.63) is 11.1 Å². The fourth-order valence-corrected chi connectivity index (χ4v) is 5.57. The summed E-state index contributed by atoms with van der Waals surface area (Å²) in [6.07, 6.45) is 4.65. The molecule has 17 heavy (non-hydrogen) atoms. The summed E-state index contributed by atoms with van der Waals surface area (Å²) in [5, 5.41) is 0. The zero-order chi connectivity index (χ0) is 11.8. The van der Waals surface area contributed by atoms with Crippen LogP contribution in [0.2, 0.25) is 0 Å². The molecule has 0 N–H and O–H groups in total. The van der Waals surface area contributed by atoms with E-state index in [9.17, 15) is 4.79 Å². The molecule has 0 radical (unpaired) electrons. The van der Waals surface area contributed by atoms with Crippen LogP contribution >= 0.6 is 0 Å². The van der Waals surface area contributed by atoms with Crippen molar-refractivity contribution in [1.82, 2.24) is 0 Å². The van der Waals surface area contributed by atoms with Crippen molar-refractivity contribution < 1.29 is 9.53 Å². The van der Waals surface area contributed by atoms with Gasteiger partial charge >= 0.3 is 0 Å². The molecule has 92 valence electrons. The van der Waals surface area contributed by atoms with Crippen molar-refractivity contribution in [1.29, 1.82) is 0 Å². The Labute approximate surface area is 102 Å². The summed E-state index contributed by atoms with van der Waals surface area (Å²) in [6, 6.07) is 0. The molecule has 2 heteroatoms. The fraction of sp³-hybridized carbons (Fsp3) is 0.800. The van der Waals surface area contributed by atoms with E-state index in [1.165, 1.54) is 24.0 Å². The molecule has 2 nitrogen and oxygen atoms in total. The standard InChI is InChI=1S/C15H20O2/c1-8-5-9(2)14-12(16)6-10-3-4-13-15(10,14)11(8)7-17-13/h8,10-11,13H,3-7H2,1-2H3/t8-,10-,11+,13+,15-/m0/s1. The molecule has 0 bridgehead atoms. The van der Waals surface area contributed by atoms with Crippen LogP contribution in [-0.4, -0.2) is 18.5 Å². The number of ketones is 1. The van der Waals surface area contributed by atoms with Crippen molar-refractivity contribution in [2.24, 2.45) is 23.2 Å². The monoisotopic (exact) mass is 232 g/mol. The highest BCUT2D eigenvalue weighted by Crippen LogP contribution is 2.68. The smallest absolute Gasteiger partial charge is 0.159 e. The van der Waals surface area contributed by atoms with E-state index in [1.54, 1.807) is 0 Å². The molecule has 1 heterocycles. The number of rotatable bonds is 0. The number of Topliss-reactive ketones (excluding diaryl/α,β-unsaturated/α-hetero) is 1. The van der Waals surface area contributed by atoms with Crippen molar-refractivity contribution in [3.63, 3.8) is 0 Å². The molecular formula is C15H20O2. The molecule has 1 saturated heterocycles. The van der Waals surface area contributed by atoms with Crippen LogP contribution in [0.25, 0.3) is 0 Å². The van der Waals surface area contributed by atoms with E-state index in [2.05, 4.69) is 13.8 Å². The summed E-state index contributed by atoms with van der Waals surface area (Å²) in [6.45, 7) is 5.43. The second-order valence-corrected chi connectivity index (χ2v) is 6.60. The summed E-state index contributed by atoms with van der Waals surface area (Å²) >= 11 is 0. The quantitative estimate of drug-likeness (QED) is 0.642. The van der Waals surface area contributed by atoms with Crippen molar-refractivity contribution in [2.45, 2.75) is 45.6 Å².